The normalized spacial score (nSPS) is 10.5. The minimum absolute atomic E-state index is 0.256. The maximum absolute atomic E-state index is 10.8. The van der Waals surface area contributed by atoms with E-state index in [4.69, 9.17) is 11.5 Å². The molecule has 1 amide bonds. The van der Waals surface area contributed by atoms with Crippen LogP contribution < -0.4 is 11.5 Å². The molecule has 4 nitrogen and oxygen atoms in total. The van der Waals surface area contributed by atoms with Gasteiger partial charge in [-0.25, -0.2) is 0 Å². The van der Waals surface area contributed by atoms with Crippen molar-refractivity contribution in [2.75, 3.05) is 19.6 Å². The number of amides is 1. The number of hydrogen-bond donors (Lipinski definition) is 2. The number of nitrogens with two attached hydrogens (primary N) is 2. The highest BCUT2D eigenvalue weighted by Gasteiger charge is 2.07. The van der Waals surface area contributed by atoms with Gasteiger partial charge in [0.25, 0.3) is 0 Å². The van der Waals surface area contributed by atoms with Gasteiger partial charge < -0.3 is 11.5 Å². The smallest absolute Gasteiger partial charge is 0.231 e. The molecule has 0 spiro atoms. The van der Waals surface area contributed by atoms with E-state index in [1.165, 1.54) is 0 Å². The summed E-state index contributed by atoms with van der Waals surface area (Å²) in [7, 11) is 0. The Morgan fingerprint density at radius 1 is 1.27 bits per heavy atom. The number of carbonyl (C=O) groups is 1. The molecule has 0 bridgehead atoms. The second-order valence-electron chi connectivity index (χ2n) is 3.45. The van der Waals surface area contributed by atoms with Gasteiger partial charge in [-0.05, 0) is 5.56 Å². The first-order valence-corrected chi connectivity index (χ1v) is 4.97. The van der Waals surface area contributed by atoms with Crippen LogP contribution in [0.15, 0.2) is 30.3 Å². The molecule has 0 aliphatic rings. The number of hydrogen-bond acceptors (Lipinski definition) is 3. The van der Waals surface area contributed by atoms with E-state index < -0.39 is 0 Å². The fourth-order valence-corrected chi connectivity index (χ4v) is 1.46. The van der Waals surface area contributed by atoms with Gasteiger partial charge in [0.1, 0.15) is 0 Å². The summed E-state index contributed by atoms with van der Waals surface area (Å²) in [6, 6.07) is 9.94. The lowest BCUT2D eigenvalue weighted by atomic mass is 10.2. The van der Waals surface area contributed by atoms with E-state index in [2.05, 4.69) is 0 Å². The molecule has 4 heteroatoms. The predicted molar refractivity (Wildman–Crippen MR) is 60.0 cm³/mol. The largest absolute Gasteiger partial charge is 0.369 e. The first kappa shape index (κ1) is 11.7. The average Bonchev–Trinajstić information content (AvgIpc) is 2.18. The van der Waals surface area contributed by atoms with Crippen molar-refractivity contribution < 1.29 is 4.79 Å². The van der Waals surface area contributed by atoms with E-state index in [-0.39, 0.29) is 12.5 Å². The number of nitrogens with zero attached hydrogens (tertiary/aromatic N) is 1. The first-order chi connectivity index (χ1) is 7.22. The molecule has 0 saturated carbocycles. The van der Waals surface area contributed by atoms with Gasteiger partial charge in [-0.3, -0.25) is 9.69 Å². The molecule has 1 aromatic carbocycles. The SMILES string of the molecule is NCCN(CC(N)=O)Cc1ccccc1. The van der Waals surface area contributed by atoms with Crippen LogP contribution in [0.4, 0.5) is 0 Å². The molecular formula is C11H17N3O. The topological polar surface area (TPSA) is 72.3 Å². The van der Waals surface area contributed by atoms with E-state index in [1.54, 1.807) is 0 Å². The third-order valence-electron chi connectivity index (χ3n) is 2.07. The lowest BCUT2D eigenvalue weighted by molar-refractivity contribution is -0.119. The van der Waals surface area contributed by atoms with Gasteiger partial charge in [0, 0.05) is 19.6 Å². The van der Waals surface area contributed by atoms with Gasteiger partial charge in [0.15, 0.2) is 0 Å². The fourth-order valence-electron chi connectivity index (χ4n) is 1.46. The lowest BCUT2D eigenvalue weighted by Crippen LogP contribution is -2.36. The van der Waals surface area contributed by atoms with Crippen LogP contribution in [0, 0.1) is 0 Å². The molecule has 15 heavy (non-hydrogen) atoms. The van der Waals surface area contributed by atoms with E-state index in [1.807, 2.05) is 35.2 Å². The zero-order valence-electron chi connectivity index (χ0n) is 8.73. The minimum atomic E-state index is -0.320. The fraction of sp³-hybridized carbons (Fsp3) is 0.364. The van der Waals surface area contributed by atoms with Crippen LogP contribution in [-0.4, -0.2) is 30.4 Å². The minimum Gasteiger partial charge on any atom is -0.369 e. The summed E-state index contributed by atoms with van der Waals surface area (Å²) in [5, 5.41) is 0. The number of primary amides is 1. The quantitative estimate of drug-likeness (QED) is 0.686. The van der Waals surface area contributed by atoms with Gasteiger partial charge in [-0.15, -0.1) is 0 Å². The molecule has 0 aromatic heterocycles. The maximum atomic E-state index is 10.8. The molecule has 1 aromatic rings. The van der Waals surface area contributed by atoms with Crippen LogP contribution in [0.2, 0.25) is 0 Å². The van der Waals surface area contributed by atoms with Gasteiger partial charge in [0.05, 0.1) is 6.54 Å². The van der Waals surface area contributed by atoms with E-state index >= 15 is 0 Å². The van der Waals surface area contributed by atoms with Gasteiger partial charge in [0.2, 0.25) is 5.91 Å². The highest BCUT2D eigenvalue weighted by Crippen LogP contribution is 2.03. The second kappa shape index (κ2) is 6.16. The summed E-state index contributed by atoms with van der Waals surface area (Å²) in [4.78, 5) is 12.8. The van der Waals surface area contributed by atoms with Crippen LogP contribution in [-0.2, 0) is 11.3 Å². The molecule has 82 valence electrons. The molecule has 0 atom stereocenters. The van der Waals surface area contributed by atoms with Crippen molar-refractivity contribution in [1.29, 1.82) is 0 Å². The Labute approximate surface area is 89.9 Å². The van der Waals surface area contributed by atoms with Crippen LogP contribution >= 0.6 is 0 Å². The molecule has 1 rings (SSSR count). The summed E-state index contributed by atoms with van der Waals surface area (Å²) < 4.78 is 0. The van der Waals surface area contributed by atoms with Crippen LogP contribution in [0.5, 0.6) is 0 Å². The Kier molecular flexibility index (Phi) is 4.80. The second-order valence-corrected chi connectivity index (χ2v) is 3.45. The molecule has 0 saturated heterocycles. The number of rotatable bonds is 6. The summed E-state index contributed by atoms with van der Waals surface area (Å²) >= 11 is 0. The Balaban J connectivity index is 2.54. The van der Waals surface area contributed by atoms with Gasteiger partial charge in [-0.2, -0.15) is 0 Å². The highest BCUT2D eigenvalue weighted by molar-refractivity contribution is 5.75. The van der Waals surface area contributed by atoms with Crippen molar-refractivity contribution in [2.24, 2.45) is 11.5 Å². The molecule has 0 aliphatic heterocycles. The van der Waals surface area contributed by atoms with Gasteiger partial charge in [-0.1, -0.05) is 30.3 Å². The zero-order chi connectivity index (χ0) is 11.1. The van der Waals surface area contributed by atoms with E-state index in [9.17, 15) is 4.79 Å². The molecular weight excluding hydrogens is 190 g/mol. The summed E-state index contributed by atoms with van der Waals surface area (Å²) in [6.45, 7) is 2.17. The number of benzene rings is 1. The summed E-state index contributed by atoms with van der Waals surface area (Å²) in [5.74, 6) is -0.320. The Morgan fingerprint density at radius 3 is 2.47 bits per heavy atom. The summed E-state index contributed by atoms with van der Waals surface area (Å²) in [5.41, 5.74) is 11.8. The van der Waals surface area contributed by atoms with E-state index in [0.29, 0.717) is 19.6 Å². The van der Waals surface area contributed by atoms with Crippen LogP contribution in [0.1, 0.15) is 5.56 Å². The first-order valence-electron chi connectivity index (χ1n) is 4.97. The lowest BCUT2D eigenvalue weighted by Gasteiger charge is -2.19. The van der Waals surface area contributed by atoms with E-state index in [0.717, 1.165) is 5.56 Å². The van der Waals surface area contributed by atoms with Crippen molar-refractivity contribution in [1.82, 2.24) is 4.90 Å². The van der Waals surface area contributed by atoms with Crippen molar-refractivity contribution in [2.45, 2.75) is 6.54 Å². The maximum Gasteiger partial charge on any atom is 0.231 e. The molecule has 0 radical (unpaired) electrons. The molecule has 4 N–H and O–H groups in total. The predicted octanol–water partition coefficient (Wildman–Crippen LogP) is -0.0674. The van der Waals surface area contributed by atoms with Crippen LogP contribution in [0.25, 0.3) is 0 Å². The Morgan fingerprint density at radius 2 is 1.93 bits per heavy atom. The van der Waals surface area contributed by atoms with Crippen molar-refractivity contribution in [3.63, 3.8) is 0 Å². The molecule has 0 heterocycles. The monoisotopic (exact) mass is 207 g/mol. The third-order valence-corrected chi connectivity index (χ3v) is 2.07. The molecule has 0 aliphatic carbocycles. The Hall–Kier alpha value is -1.39. The Bertz CT molecular complexity index is 300. The van der Waals surface area contributed by atoms with Gasteiger partial charge >= 0.3 is 0 Å². The average molecular weight is 207 g/mol. The van der Waals surface area contributed by atoms with Crippen molar-refractivity contribution >= 4 is 5.91 Å². The van der Waals surface area contributed by atoms with Crippen molar-refractivity contribution in [3.05, 3.63) is 35.9 Å². The standard InChI is InChI=1S/C11H17N3O/c12-6-7-14(9-11(13)15)8-10-4-2-1-3-5-10/h1-5H,6-9,12H2,(H2,13,15). The zero-order valence-corrected chi connectivity index (χ0v) is 8.73. The highest BCUT2D eigenvalue weighted by atomic mass is 16.1. The number of carbonyl (C=O) groups excluding carboxylic acids is 1. The third kappa shape index (κ3) is 4.58. The van der Waals surface area contributed by atoms with Crippen molar-refractivity contribution in [3.8, 4) is 0 Å². The molecule has 0 fully saturated rings. The van der Waals surface area contributed by atoms with Crippen LogP contribution in [0.3, 0.4) is 0 Å². The molecule has 0 unspecified atom stereocenters. The summed E-state index contributed by atoms with van der Waals surface area (Å²) in [6.07, 6.45) is 0.